The molecule has 20 heteroatoms. The van der Waals surface area contributed by atoms with Crippen molar-refractivity contribution < 1.29 is 33.8 Å². The van der Waals surface area contributed by atoms with Gasteiger partial charge in [0.25, 0.3) is 0 Å². The van der Waals surface area contributed by atoms with Crippen LogP contribution in [0, 0.1) is 18.3 Å². The number of aromatic nitrogens is 5. The average Bonchev–Trinajstić information content (AvgIpc) is 4.01. The van der Waals surface area contributed by atoms with Gasteiger partial charge in [0.2, 0.25) is 17.7 Å². The van der Waals surface area contributed by atoms with Gasteiger partial charge in [-0.3, -0.25) is 14.4 Å². The van der Waals surface area contributed by atoms with E-state index in [1.165, 1.54) is 27.9 Å². The SMILES string of the molecule is CO[C@@H](C)c1c(NC(=O)Nc2cc(Cl)cnc2OCCNCCCCCCC(=O)[C@@H](C(=O)N2C[C@H](O)C[C@H]2C(=O)N[C@@H](C)c2ccc(-c3scnc3C)cc2)C(C)(C)C)cnc2cc(Cl)nn12. The first kappa shape index (κ1) is 51.2. The number of halogens is 2. The van der Waals surface area contributed by atoms with Crippen molar-refractivity contribution in [1.82, 2.24) is 40.1 Å². The van der Waals surface area contributed by atoms with Crippen LogP contribution in [0.25, 0.3) is 16.1 Å². The van der Waals surface area contributed by atoms with E-state index in [1.807, 2.05) is 71.3 Å². The summed E-state index contributed by atoms with van der Waals surface area (Å²) in [5, 5.41) is 27.4. The van der Waals surface area contributed by atoms with Crippen LogP contribution in [0.4, 0.5) is 16.2 Å². The molecule has 6 rings (SSSR count). The first-order valence-corrected chi connectivity index (χ1v) is 24.0. The molecule has 0 saturated carbocycles. The molecule has 0 bridgehead atoms. The number of ketones is 1. The second kappa shape index (κ2) is 23.2. The fourth-order valence-electron chi connectivity index (χ4n) is 8.18. The Morgan fingerprint density at radius 1 is 0.955 bits per heavy atom. The number of likely N-dealkylation sites (tertiary alicyclic amines) is 1. The molecule has 0 spiro atoms. The lowest BCUT2D eigenvalue weighted by atomic mass is 9.76. The molecule has 5 aromatic rings. The number of aliphatic hydroxyl groups is 1. The molecule has 0 radical (unpaired) electrons. The fourth-order valence-corrected chi connectivity index (χ4v) is 9.32. The van der Waals surface area contributed by atoms with E-state index in [-0.39, 0.29) is 60.4 Å². The number of aryl methyl sites for hydroxylation is 1. The maximum Gasteiger partial charge on any atom is 0.323 e. The summed E-state index contributed by atoms with van der Waals surface area (Å²) in [6, 6.07) is 9.26. The Morgan fingerprint density at radius 2 is 1.69 bits per heavy atom. The van der Waals surface area contributed by atoms with Crippen LogP contribution in [0.2, 0.25) is 10.2 Å². The Kier molecular flexibility index (Phi) is 17.7. The number of thiazole rings is 1. The molecular formula is C47H60Cl2N10O7S. The van der Waals surface area contributed by atoms with Crippen LogP contribution < -0.4 is 26.0 Å². The number of hydrogen-bond donors (Lipinski definition) is 5. The van der Waals surface area contributed by atoms with Crippen LogP contribution >= 0.6 is 34.5 Å². The first-order chi connectivity index (χ1) is 31.9. The van der Waals surface area contributed by atoms with Gasteiger partial charge in [-0.25, -0.2) is 24.3 Å². The number of benzene rings is 1. The maximum absolute atomic E-state index is 14.2. The summed E-state index contributed by atoms with van der Waals surface area (Å²) in [5.41, 5.74) is 5.70. The molecule has 5 N–H and O–H groups in total. The molecule has 1 fully saturated rings. The highest BCUT2D eigenvalue weighted by atomic mass is 35.5. The summed E-state index contributed by atoms with van der Waals surface area (Å²) in [6.45, 7) is 12.7. The number of amides is 4. The van der Waals surface area contributed by atoms with E-state index >= 15 is 0 Å². The van der Waals surface area contributed by atoms with Crippen LogP contribution in [0.3, 0.4) is 0 Å². The molecule has 0 aliphatic carbocycles. The van der Waals surface area contributed by atoms with E-state index in [1.54, 1.807) is 24.5 Å². The minimum absolute atomic E-state index is 0.00676. The highest BCUT2D eigenvalue weighted by Crippen LogP contribution is 2.34. The molecule has 5 heterocycles. The largest absolute Gasteiger partial charge is 0.475 e. The number of β-amino-alcohol motifs (C(OH)–C–C–N with tert-alkyl or cyclic N) is 1. The number of pyridine rings is 1. The Morgan fingerprint density at radius 3 is 2.39 bits per heavy atom. The highest BCUT2D eigenvalue weighted by molar-refractivity contribution is 7.13. The quantitative estimate of drug-likeness (QED) is 0.0348. The number of ether oxygens (including phenoxy) is 2. The third kappa shape index (κ3) is 13.3. The van der Waals surface area contributed by atoms with Crippen LogP contribution in [-0.2, 0) is 19.1 Å². The normalized spacial score (nSPS) is 16.4. The minimum atomic E-state index is -0.956. The van der Waals surface area contributed by atoms with Gasteiger partial charge in [0.05, 0.1) is 56.9 Å². The Bertz CT molecular complexity index is 2510. The number of urea groups is 1. The van der Waals surface area contributed by atoms with Gasteiger partial charge in [-0.2, -0.15) is 5.10 Å². The molecule has 4 aromatic heterocycles. The van der Waals surface area contributed by atoms with Gasteiger partial charge in [0, 0.05) is 45.3 Å². The molecule has 1 aliphatic rings. The van der Waals surface area contributed by atoms with E-state index in [2.05, 4.69) is 41.3 Å². The Labute approximate surface area is 404 Å². The summed E-state index contributed by atoms with van der Waals surface area (Å²) in [6.07, 6.45) is 5.07. The van der Waals surface area contributed by atoms with Crippen molar-refractivity contribution in [2.75, 3.05) is 44.0 Å². The molecule has 0 unspecified atom stereocenters. The highest BCUT2D eigenvalue weighted by Gasteiger charge is 2.46. The van der Waals surface area contributed by atoms with Crippen LogP contribution in [-0.4, -0.2) is 104 Å². The van der Waals surface area contributed by atoms with Crippen molar-refractivity contribution >= 4 is 75.2 Å². The number of aliphatic hydroxyl groups excluding tert-OH is 1. The van der Waals surface area contributed by atoms with Gasteiger partial charge in [-0.1, -0.05) is 81.1 Å². The van der Waals surface area contributed by atoms with Crippen molar-refractivity contribution in [2.45, 2.75) is 104 Å². The zero-order valence-corrected chi connectivity index (χ0v) is 41.2. The number of rotatable bonds is 21. The number of hydrogen-bond acceptors (Lipinski definition) is 13. The lowest BCUT2D eigenvalue weighted by Crippen LogP contribution is -2.51. The monoisotopic (exact) mass is 978 g/mol. The smallest absolute Gasteiger partial charge is 0.323 e. The number of unbranched alkanes of at least 4 members (excludes halogenated alkanes) is 3. The Balaban J connectivity index is 0.915. The van der Waals surface area contributed by atoms with Crippen molar-refractivity contribution in [3.63, 3.8) is 0 Å². The Hall–Kier alpha value is -5.24. The van der Waals surface area contributed by atoms with Crippen LogP contribution in [0.15, 0.2) is 54.3 Å². The standard InChI is InChI=1S/C47H60Cl2N10O7S/c1-27(30-13-15-31(16-14-30)42-28(2)53-26-67-42)54-43(62)36-21-33(60)25-58(36)45(63)40(47(4,5)6)37(61)12-10-8-9-11-17-50-18-19-66-44-34(20-32(48)23-52-44)55-46(64)56-35-24-51-39-22-38(49)57-59(39)41(35)29(3)65-7/h13-16,20,22-24,26-27,29,33,36,40,50,60H,8-12,17-19,21,25H2,1-7H3,(H,54,62)(H2,55,56,64)/t27-,29-,33+,36-,40-/m0/s1. The van der Waals surface area contributed by atoms with E-state index in [0.717, 1.165) is 41.0 Å². The molecule has 1 aromatic carbocycles. The molecule has 1 saturated heterocycles. The van der Waals surface area contributed by atoms with Crippen molar-refractivity contribution in [3.8, 4) is 16.3 Å². The zero-order valence-electron chi connectivity index (χ0n) is 38.9. The summed E-state index contributed by atoms with van der Waals surface area (Å²) < 4.78 is 12.9. The van der Waals surface area contributed by atoms with Gasteiger partial charge in [-0.15, -0.1) is 11.3 Å². The predicted molar refractivity (Wildman–Crippen MR) is 260 cm³/mol. The number of methoxy groups -OCH3 is 1. The van der Waals surface area contributed by atoms with E-state index in [9.17, 15) is 24.3 Å². The average molecular weight is 980 g/mol. The van der Waals surface area contributed by atoms with Crippen LogP contribution in [0.1, 0.15) is 102 Å². The predicted octanol–water partition coefficient (Wildman–Crippen LogP) is 8.20. The molecule has 4 amide bonds. The van der Waals surface area contributed by atoms with Crippen LogP contribution in [0.5, 0.6) is 5.88 Å². The van der Waals surface area contributed by atoms with Gasteiger partial charge < -0.3 is 40.7 Å². The van der Waals surface area contributed by atoms with E-state index in [0.29, 0.717) is 41.6 Å². The second-order valence-corrected chi connectivity index (χ2v) is 19.5. The lowest BCUT2D eigenvalue weighted by molar-refractivity contribution is -0.149. The first-order valence-electron chi connectivity index (χ1n) is 22.4. The minimum Gasteiger partial charge on any atom is -0.475 e. The summed E-state index contributed by atoms with van der Waals surface area (Å²) >= 11 is 13.9. The summed E-state index contributed by atoms with van der Waals surface area (Å²) in [7, 11) is 1.54. The summed E-state index contributed by atoms with van der Waals surface area (Å²) in [4.78, 5) is 70.2. The molecule has 67 heavy (non-hydrogen) atoms. The number of anilines is 2. The number of carbonyl (C=O) groups excluding carboxylic acids is 4. The van der Waals surface area contributed by atoms with Gasteiger partial charge in [-0.05, 0) is 62.8 Å². The van der Waals surface area contributed by atoms with Gasteiger partial charge >= 0.3 is 6.03 Å². The third-order valence-electron chi connectivity index (χ3n) is 11.7. The van der Waals surface area contributed by atoms with E-state index < -0.39 is 41.5 Å². The molecule has 360 valence electrons. The summed E-state index contributed by atoms with van der Waals surface area (Å²) in [5.74, 6) is -1.71. The topological polar surface area (TPSA) is 214 Å². The number of carbonyl (C=O) groups is 4. The molecule has 5 atom stereocenters. The molecule has 1 aliphatic heterocycles. The number of nitrogens with one attached hydrogen (secondary N) is 4. The van der Waals surface area contributed by atoms with Crippen molar-refractivity contribution in [2.24, 2.45) is 11.3 Å². The molecular weight excluding hydrogens is 920 g/mol. The van der Waals surface area contributed by atoms with Crippen molar-refractivity contribution in [1.29, 1.82) is 0 Å². The van der Waals surface area contributed by atoms with E-state index in [4.69, 9.17) is 32.7 Å². The second-order valence-electron chi connectivity index (χ2n) is 17.8. The molecule has 17 nitrogen and oxygen atoms in total. The maximum atomic E-state index is 14.2. The van der Waals surface area contributed by atoms with Crippen molar-refractivity contribution in [3.05, 3.63) is 81.4 Å². The third-order valence-corrected chi connectivity index (χ3v) is 13.0. The zero-order chi connectivity index (χ0) is 48.4. The van der Waals surface area contributed by atoms with Gasteiger partial charge in [0.1, 0.15) is 30.0 Å². The number of fused-ring (bicyclic) bond motifs is 1. The van der Waals surface area contributed by atoms with Gasteiger partial charge in [0.15, 0.2) is 10.8 Å². The number of Topliss-reactive ketones (excluding diaryl/α,β-unsaturated/α-hetero) is 1. The fraction of sp³-hybridized carbons (Fsp3) is 0.489. The number of nitrogens with zero attached hydrogens (tertiary/aromatic N) is 6. The lowest BCUT2D eigenvalue weighted by Gasteiger charge is -2.34.